The topological polar surface area (TPSA) is 39.1 Å². The van der Waals surface area contributed by atoms with Crippen LogP contribution in [0.4, 0.5) is 13.2 Å². The van der Waals surface area contributed by atoms with Crippen molar-refractivity contribution >= 4 is 62.9 Å². The molecule has 144 valence electrons. The fourth-order valence-electron chi connectivity index (χ4n) is 2.73. The van der Waals surface area contributed by atoms with Gasteiger partial charge in [0.1, 0.15) is 0 Å². The van der Waals surface area contributed by atoms with Gasteiger partial charge in [-0.15, -0.1) is 0 Å². The molecule has 0 aliphatic heterocycles. The molecular weight excluding hydrogens is 557 g/mol. The molecule has 0 spiro atoms. The van der Waals surface area contributed by atoms with Crippen LogP contribution in [0.2, 0.25) is 0 Å². The molecule has 2 aromatic carbocycles. The van der Waals surface area contributed by atoms with Crippen LogP contribution in [0.1, 0.15) is 18.1 Å². The Balaban J connectivity index is 2.33. The van der Waals surface area contributed by atoms with E-state index in [0.29, 0.717) is 11.8 Å². The minimum absolute atomic E-state index is 0.0496. The molecule has 0 atom stereocenters. The summed E-state index contributed by atoms with van der Waals surface area (Å²) in [6, 6.07) is 11.3. The van der Waals surface area contributed by atoms with Crippen LogP contribution in [0.3, 0.4) is 0 Å². The summed E-state index contributed by atoms with van der Waals surface area (Å²) >= 11 is -0.129. The molecule has 0 N–H and O–H groups in total. The number of aromatic nitrogens is 1. The fourth-order valence-corrected chi connectivity index (χ4v) is 7.60. The van der Waals surface area contributed by atoms with Crippen LogP contribution < -0.4 is 4.46 Å². The molecule has 0 saturated heterocycles. The maximum atomic E-state index is 13.2. The summed E-state index contributed by atoms with van der Waals surface area (Å²) in [6.07, 6.45) is 0.654. The van der Waals surface area contributed by atoms with Crippen molar-refractivity contribution in [2.75, 3.05) is 0 Å². The number of fused-ring (bicyclic) bond motifs is 1. The summed E-state index contributed by atoms with van der Waals surface area (Å²) in [5.74, 6) is 0. The quantitative estimate of drug-likeness (QED) is 0.348. The standard InChI is InChI=1S/C18H15F3INO2SSe/c1-3-12-6-9-15-14(10-12)16(27-18(19,20)21)17(22)23(15)26(24,25)13-7-4-11(2)5-8-13/h4-10H,3H2,1-2H3. The van der Waals surface area contributed by atoms with Gasteiger partial charge < -0.3 is 0 Å². The van der Waals surface area contributed by atoms with Gasteiger partial charge in [-0.2, -0.15) is 0 Å². The van der Waals surface area contributed by atoms with Gasteiger partial charge >= 0.3 is 176 Å². The van der Waals surface area contributed by atoms with Gasteiger partial charge in [0.2, 0.25) is 0 Å². The number of rotatable bonds is 4. The van der Waals surface area contributed by atoms with Gasteiger partial charge in [0, 0.05) is 0 Å². The van der Waals surface area contributed by atoms with E-state index in [0.717, 1.165) is 15.1 Å². The molecule has 0 bridgehead atoms. The van der Waals surface area contributed by atoms with Gasteiger partial charge in [-0.05, 0) is 0 Å². The zero-order chi connectivity index (χ0) is 20.0. The van der Waals surface area contributed by atoms with E-state index in [9.17, 15) is 21.6 Å². The van der Waals surface area contributed by atoms with E-state index in [1.165, 1.54) is 12.1 Å². The van der Waals surface area contributed by atoms with Crippen LogP contribution >= 0.6 is 22.6 Å². The average Bonchev–Trinajstić information content (AvgIpc) is 2.85. The number of hydrogen-bond donors (Lipinski definition) is 0. The number of halogens is 4. The van der Waals surface area contributed by atoms with E-state index in [1.54, 1.807) is 52.9 Å². The molecule has 9 heteroatoms. The van der Waals surface area contributed by atoms with Gasteiger partial charge in [-0.1, -0.05) is 0 Å². The summed E-state index contributed by atoms with van der Waals surface area (Å²) < 4.78 is 67.1. The summed E-state index contributed by atoms with van der Waals surface area (Å²) in [5.41, 5.74) is 2.04. The minimum atomic E-state index is -4.37. The van der Waals surface area contributed by atoms with Gasteiger partial charge in [-0.25, -0.2) is 0 Å². The van der Waals surface area contributed by atoms with E-state index < -0.39 is 30.1 Å². The number of alkyl halides is 3. The summed E-state index contributed by atoms with van der Waals surface area (Å²) in [6.45, 7) is 3.74. The predicted octanol–water partition coefficient (Wildman–Crippen LogP) is 4.20. The van der Waals surface area contributed by atoms with Crippen molar-refractivity contribution in [1.29, 1.82) is 0 Å². The molecule has 3 aromatic rings. The first-order valence-corrected chi connectivity index (χ1v) is 12.2. The van der Waals surface area contributed by atoms with Crippen LogP contribution in [0.25, 0.3) is 10.9 Å². The first-order chi connectivity index (χ1) is 12.5. The average molecular weight is 572 g/mol. The Morgan fingerprint density at radius 2 is 1.74 bits per heavy atom. The molecule has 3 rings (SSSR count). The van der Waals surface area contributed by atoms with E-state index in [4.69, 9.17) is 0 Å². The van der Waals surface area contributed by atoms with Crippen molar-refractivity contribution in [3.63, 3.8) is 0 Å². The molecule has 3 nitrogen and oxygen atoms in total. The van der Waals surface area contributed by atoms with Crippen molar-refractivity contribution in [2.24, 2.45) is 0 Å². The van der Waals surface area contributed by atoms with Crippen LogP contribution in [-0.4, -0.2) is 32.4 Å². The van der Waals surface area contributed by atoms with E-state index in [1.807, 2.05) is 13.8 Å². The third-order valence-corrected chi connectivity index (χ3v) is 9.76. The number of benzene rings is 2. The summed E-state index contributed by atoms with van der Waals surface area (Å²) in [4.78, 5) is 0.0496. The summed E-state index contributed by atoms with van der Waals surface area (Å²) in [7, 11) is -4.02. The van der Waals surface area contributed by atoms with Gasteiger partial charge in [0.05, 0.1) is 0 Å². The Morgan fingerprint density at radius 1 is 1.11 bits per heavy atom. The van der Waals surface area contributed by atoms with Crippen LogP contribution in [0.5, 0.6) is 0 Å². The second-order valence-corrected chi connectivity index (χ2v) is 11.0. The zero-order valence-electron chi connectivity index (χ0n) is 14.3. The van der Waals surface area contributed by atoms with Crippen LogP contribution in [0.15, 0.2) is 47.4 Å². The maximum absolute atomic E-state index is 13.2. The van der Waals surface area contributed by atoms with Crippen molar-refractivity contribution in [2.45, 2.75) is 30.2 Å². The Hall–Kier alpha value is -1.03. The zero-order valence-corrected chi connectivity index (χ0v) is 19.0. The second-order valence-electron chi connectivity index (χ2n) is 5.96. The predicted molar refractivity (Wildman–Crippen MR) is 109 cm³/mol. The Morgan fingerprint density at radius 3 is 2.30 bits per heavy atom. The van der Waals surface area contributed by atoms with Crippen LogP contribution in [-0.2, 0) is 16.4 Å². The molecule has 0 unspecified atom stereocenters. The van der Waals surface area contributed by atoms with E-state index in [2.05, 4.69) is 0 Å². The van der Waals surface area contributed by atoms with Crippen molar-refractivity contribution < 1.29 is 21.6 Å². The monoisotopic (exact) mass is 573 g/mol. The normalized spacial score (nSPS) is 12.7. The number of nitrogens with zero attached hydrogens (tertiary/aromatic N) is 1. The molecule has 27 heavy (non-hydrogen) atoms. The first-order valence-electron chi connectivity index (χ1n) is 7.95. The Kier molecular flexibility index (Phi) is 5.69. The van der Waals surface area contributed by atoms with E-state index >= 15 is 0 Å². The molecule has 0 aliphatic carbocycles. The number of aryl methyl sites for hydroxylation is 2. The molecule has 1 heterocycles. The molecule has 0 saturated carbocycles. The van der Waals surface area contributed by atoms with Gasteiger partial charge in [-0.3, -0.25) is 0 Å². The fraction of sp³-hybridized carbons (Fsp3) is 0.222. The molecular formula is C18H15F3INO2SSe. The van der Waals surface area contributed by atoms with Gasteiger partial charge in [0.25, 0.3) is 0 Å². The van der Waals surface area contributed by atoms with Crippen molar-refractivity contribution in [3.05, 3.63) is 57.3 Å². The third-order valence-electron chi connectivity index (χ3n) is 4.08. The van der Waals surface area contributed by atoms with Gasteiger partial charge in [0.15, 0.2) is 0 Å². The molecule has 0 aliphatic rings. The Bertz CT molecular complexity index is 1110. The Labute approximate surface area is 175 Å². The van der Waals surface area contributed by atoms with Crippen molar-refractivity contribution in [3.8, 4) is 0 Å². The van der Waals surface area contributed by atoms with Crippen LogP contribution in [0, 0.1) is 10.6 Å². The summed E-state index contributed by atoms with van der Waals surface area (Å²) in [5, 5.41) is -4.02. The molecule has 0 fully saturated rings. The first kappa shape index (κ1) is 20.7. The molecule has 0 amide bonds. The SMILES string of the molecule is CCc1ccc2c(c1)c([Se]C(F)(F)F)c(I)n2S(=O)(=O)c1ccc(C)cc1. The second kappa shape index (κ2) is 7.42. The number of hydrogen-bond acceptors (Lipinski definition) is 2. The van der Waals surface area contributed by atoms with Crippen molar-refractivity contribution in [1.82, 2.24) is 3.97 Å². The van der Waals surface area contributed by atoms with E-state index in [-0.39, 0.29) is 18.6 Å². The molecule has 1 aromatic heterocycles. The third kappa shape index (κ3) is 4.06. The molecule has 0 radical (unpaired) electrons.